The van der Waals surface area contributed by atoms with E-state index in [1.54, 1.807) is 0 Å². The van der Waals surface area contributed by atoms with Crippen molar-refractivity contribution in [1.29, 1.82) is 0 Å². The van der Waals surface area contributed by atoms with Crippen molar-refractivity contribution < 1.29 is 92.2 Å². The first-order chi connectivity index (χ1) is 32.3. The number of aliphatic hydroxyl groups is 7. The van der Waals surface area contributed by atoms with Crippen LogP contribution in [0.4, 0.5) is 0 Å². The Kier molecular flexibility index (Phi) is 30.9. The summed E-state index contributed by atoms with van der Waals surface area (Å²) in [6.07, 6.45) is 8.35. The number of fused-ring (bicyclic) bond motifs is 4. The zero-order valence-electron chi connectivity index (χ0n) is 39.6. The van der Waals surface area contributed by atoms with Gasteiger partial charge >= 0.3 is 27.6 Å². The average molecular weight is 1010 g/mol. The minimum Gasteiger partial charge on any atom is -0.462 e. The van der Waals surface area contributed by atoms with Gasteiger partial charge in [0.2, 0.25) is 0 Å². The molecule has 1 fully saturated rings. The molecule has 392 valence electrons. The normalized spacial score (nSPS) is 31.7. The van der Waals surface area contributed by atoms with E-state index in [4.69, 9.17) is 23.0 Å². The zero-order valence-corrected chi connectivity index (χ0v) is 41.4. The Bertz CT molecular complexity index is 1670. The van der Waals surface area contributed by atoms with Crippen molar-refractivity contribution in [2.75, 3.05) is 13.2 Å². The van der Waals surface area contributed by atoms with E-state index in [1.165, 1.54) is 56.8 Å². The van der Waals surface area contributed by atoms with Crippen molar-refractivity contribution in [2.24, 2.45) is 11.8 Å². The Labute approximate surface area is 401 Å². The minimum absolute atomic E-state index is 0.0256. The van der Waals surface area contributed by atoms with E-state index in [1.807, 2.05) is 19.1 Å². The molecule has 1 unspecified atom stereocenters. The molecule has 0 saturated heterocycles. The summed E-state index contributed by atoms with van der Waals surface area (Å²) in [6, 6.07) is 0. The fourth-order valence-corrected chi connectivity index (χ4v) is 9.31. The molecule has 1 saturated carbocycles. The summed E-state index contributed by atoms with van der Waals surface area (Å²) in [6.45, 7) is 2.49. The molecule has 0 radical (unpaired) electrons. The van der Waals surface area contributed by atoms with Gasteiger partial charge in [-0.15, -0.1) is 0 Å². The maximum atomic E-state index is 13.6. The molecule has 1 aliphatic heterocycles. The summed E-state index contributed by atoms with van der Waals surface area (Å²) in [5.41, 5.74) is 0. The number of carbonyl (C=O) groups is 2. The van der Waals surface area contributed by atoms with Crippen LogP contribution in [0.25, 0.3) is 0 Å². The predicted molar refractivity (Wildman–Crippen MR) is 252 cm³/mol. The number of allylic oxidation sites excluding steroid dienone is 7. The molecule has 19 nitrogen and oxygen atoms in total. The zero-order chi connectivity index (χ0) is 50.5. The quantitative estimate of drug-likeness (QED) is 0.0236. The second-order valence-corrected chi connectivity index (χ2v) is 20.1. The SMILES string of the molecule is CCCCCCCC/C=C\C/C=C\C/C=C\CCCC(=O)OC[C@@H]1COP(=O)(O)O[C@H]2[C@H](O)[C@@H](O)[C@H](O)[C@H](C/C=C\CC(=O)O1)[C@@H](O)C[C@@H](O)[C@H](/C=C\[C@H](O)CCCCC)[C@@H](O)[C@H]2OP(=O)(O)O. The fourth-order valence-electron chi connectivity index (χ4n) is 7.78. The first-order valence-electron chi connectivity index (χ1n) is 24.1. The van der Waals surface area contributed by atoms with E-state index >= 15 is 0 Å². The summed E-state index contributed by atoms with van der Waals surface area (Å²) in [7, 11) is -11.4. The molecule has 0 aromatic heterocycles. The predicted octanol–water partition coefficient (Wildman–Crippen LogP) is 5.44. The number of unbranched alkanes of at least 4 members (excludes halogenated alkanes) is 9. The van der Waals surface area contributed by atoms with Gasteiger partial charge in [0.1, 0.15) is 31.0 Å². The highest BCUT2D eigenvalue weighted by Gasteiger charge is 2.51. The van der Waals surface area contributed by atoms with Gasteiger partial charge in [0.25, 0.3) is 0 Å². The third-order valence-corrected chi connectivity index (χ3v) is 13.2. The molecule has 0 aromatic rings. The van der Waals surface area contributed by atoms with E-state index < -0.39 is 127 Å². The Morgan fingerprint density at radius 3 is 2.10 bits per heavy atom. The molecule has 13 atom stereocenters. The molecular weight excluding hydrogens is 930 g/mol. The molecule has 2 bridgehead atoms. The lowest BCUT2D eigenvalue weighted by Crippen LogP contribution is -2.56. The molecular formula is C47H80O19P2. The molecule has 68 heavy (non-hydrogen) atoms. The van der Waals surface area contributed by atoms with E-state index in [2.05, 4.69) is 31.2 Å². The Morgan fingerprint density at radius 2 is 1.44 bits per heavy atom. The van der Waals surface area contributed by atoms with Gasteiger partial charge in [-0.25, -0.2) is 9.13 Å². The van der Waals surface area contributed by atoms with Gasteiger partial charge in [0, 0.05) is 24.7 Å². The number of phosphoric acid groups is 2. The molecule has 2 rings (SSSR count). The lowest BCUT2D eigenvalue weighted by Gasteiger charge is -2.38. The first kappa shape index (κ1) is 61.7. The Morgan fingerprint density at radius 1 is 0.824 bits per heavy atom. The number of hydrogen-bond acceptors (Lipinski definition) is 16. The summed E-state index contributed by atoms with van der Waals surface area (Å²) in [5, 5.41) is 79.2. The third kappa shape index (κ3) is 25.6. The van der Waals surface area contributed by atoms with Gasteiger partial charge < -0.3 is 59.9 Å². The molecule has 2 aliphatic rings. The van der Waals surface area contributed by atoms with Gasteiger partial charge in [-0.3, -0.25) is 23.2 Å². The Hall–Kier alpha value is -2.42. The van der Waals surface area contributed by atoms with Gasteiger partial charge in [-0.05, 0) is 51.4 Å². The van der Waals surface area contributed by atoms with E-state index in [0.29, 0.717) is 19.3 Å². The summed E-state index contributed by atoms with van der Waals surface area (Å²) >= 11 is 0. The highest BCUT2D eigenvalue weighted by molar-refractivity contribution is 7.47. The van der Waals surface area contributed by atoms with Crippen LogP contribution in [0, 0.1) is 11.8 Å². The van der Waals surface area contributed by atoms with E-state index in [-0.39, 0.29) is 19.3 Å². The number of phosphoric ester groups is 2. The highest BCUT2D eigenvalue weighted by Crippen LogP contribution is 2.50. The van der Waals surface area contributed by atoms with Gasteiger partial charge in [0.15, 0.2) is 6.10 Å². The van der Waals surface area contributed by atoms with Crippen molar-refractivity contribution in [2.45, 2.75) is 197 Å². The lowest BCUT2D eigenvalue weighted by atomic mass is 9.83. The van der Waals surface area contributed by atoms with Crippen LogP contribution >= 0.6 is 15.6 Å². The number of aliphatic hydroxyl groups excluding tert-OH is 7. The van der Waals surface area contributed by atoms with Crippen LogP contribution < -0.4 is 0 Å². The first-order valence-corrected chi connectivity index (χ1v) is 27.1. The van der Waals surface area contributed by atoms with Crippen LogP contribution in [0.2, 0.25) is 0 Å². The number of ether oxygens (including phenoxy) is 2. The van der Waals surface area contributed by atoms with Gasteiger partial charge in [0.05, 0.1) is 43.5 Å². The van der Waals surface area contributed by atoms with Crippen molar-refractivity contribution in [3.8, 4) is 0 Å². The van der Waals surface area contributed by atoms with E-state index in [9.17, 15) is 69.1 Å². The second kappa shape index (κ2) is 34.0. The number of hydrogen-bond donors (Lipinski definition) is 10. The summed E-state index contributed by atoms with van der Waals surface area (Å²) < 4.78 is 51.7. The highest BCUT2D eigenvalue weighted by atomic mass is 31.2. The minimum atomic E-state index is -5.76. The van der Waals surface area contributed by atoms with Gasteiger partial charge in [-0.2, -0.15) is 0 Å². The fraction of sp³-hybridized carbons (Fsp3) is 0.745. The maximum Gasteiger partial charge on any atom is 0.472 e. The number of carbonyl (C=O) groups excluding carboxylic acids is 2. The number of rotatable bonds is 25. The van der Waals surface area contributed by atoms with Crippen LogP contribution in [-0.2, 0) is 41.8 Å². The monoisotopic (exact) mass is 1010 g/mol. The molecule has 0 amide bonds. The third-order valence-electron chi connectivity index (χ3n) is 11.7. The van der Waals surface area contributed by atoms with Crippen LogP contribution in [0.5, 0.6) is 0 Å². The molecule has 0 aromatic carbocycles. The van der Waals surface area contributed by atoms with Crippen LogP contribution in [0.15, 0.2) is 60.8 Å². The second-order valence-electron chi connectivity index (χ2n) is 17.5. The van der Waals surface area contributed by atoms with Crippen molar-refractivity contribution in [3.63, 3.8) is 0 Å². The van der Waals surface area contributed by atoms with Gasteiger partial charge in [-0.1, -0.05) is 126 Å². The molecule has 0 spiro atoms. The standard InChI is InChI=1S/C47H80O19P2/c1-3-5-7-8-9-10-11-12-13-14-15-16-17-18-19-20-22-27-40(51)62-32-35-33-63-68(60,61)66-47-45(56)44(55)42(53)36(26-23-24-28-41(52)64-35)38(49)31-39(50)37(30-29-34(48)25-21-6-4-2)43(54)46(47)65-67(57,58)59/h12-13,15-16,18-19,23-24,29-30,34-39,42-50,53-56H,3-11,14,17,20-22,25-28,31-33H2,1-2H3,(H,60,61)(H2,57,58,59)/b13-12-,16-15-,19-18-,24-23-,30-29-/t34-,35-,36-,37+,38+,39-,42-,43-,44+,45-,46-,47+/m1/s1. The number of cyclic esters (lactones) is 1. The van der Waals surface area contributed by atoms with Crippen molar-refractivity contribution in [1.82, 2.24) is 0 Å². The maximum absolute atomic E-state index is 13.6. The molecule has 1 aliphatic carbocycles. The summed E-state index contributed by atoms with van der Waals surface area (Å²) in [4.78, 5) is 56.4. The number of esters is 2. The molecule has 21 heteroatoms. The van der Waals surface area contributed by atoms with Crippen molar-refractivity contribution >= 4 is 27.6 Å². The van der Waals surface area contributed by atoms with E-state index in [0.717, 1.165) is 38.2 Å². The smallest absolute Gasteiger partial charge is 0.462 e. The summed E-state index contributed by atoms with van der Waals surface area (Å²) in [5.74, 6) is -4.80. The largest absolute Gasteiger partial charge is 0.472 e. The topological polar surface area (TPSA) is 317 Å². The Balaban J connectivity index is 2.25. The van der Waals surface area contributed by atoms with Crippen LogP contribution in [0.3, 0.4) is 0 Å². The molecule has 1 heterocycles. The van der Waals surface area contributed by atoms with Crippen LogP contribution in [-0.4, -0.2) is 137 Å². The van der Waals surface area contributed by atoms with Crippen molar-refractivity contribution in [3.05, 3.63) is 60.8 Å². The lowest BCUT2D eigenvalue weighted by molar-refractivity contribution is -0.165. The average Bonchev–Trinajstić information content (AvgIpc) is 3.28. The van der Waals surface area contributed by atoms with Crippen LogP contribution in [0.1, 0.15) is 136 Å². The molecule has 10 N–H and O–H groups in total.